The predicted molar refractivity (Wildman–Crippen MR) is 80.7 cm³/mol. The van der Waals surface area contributed by atoms with Crippen LogP contribution in [0, 0.1) is 5.92 Å². The zero-order valence-electron chi connectivity index (χ0n) is 11.7. The molecule has 3 nitrogen and oxygen atoms in total. The van der Waals surface area contributed by atoms with Gasteiger partial charge in [0.2, 0.25) is 0 Å². The van der Waals surface area contributed by atoms with Crippen molar-refractivity contribution in [2.75, 3.05) is 20.7 Å². The molecule has 0 atom stereocenters. The zero-order valence-corrected chi connectivity index (χ0v) is 13.2. The van der Waals surface area contributed by atoms with Gasteiger partial charge in [0.1, 0.15) is 0 Å². The van der Waals surface area contributed by atoms with Gasteiger partial charge in [-0.25, -0.2) is 0 Å². The van der Waals surface area contributed by atoms with Crippen LogP contribution in [0.4, 0.5) is 0 Å². The summed E-state index contributed by atoms with van der Waals surface area (Å²) in [6.45, 7) is 2.03. The van der Waals surface area contributed by atoms with E-state index in [0.29, 0.717) is 10.2 Å². The number of aromatic hydroxyl groups is 1. The molecule has 0 saturated heterocycles. The molecule has 19 heavy (non-hydrogen) atoms. The van der Waals surface area contributed by atoms with Gasteiger partial charge >= 0.3 is 0 Å². The summed E-state index contributed by atoms with van der Waals surface area (Å²) in [5, 5.41) is 9.80. The molecule has 0 bridgehead atoms. The number of hydrogen-bond acceptors (Lipinski definition) is 3. The topological polar surface area (TPSA) is 32.7 Å². The first-order chi connectivity index (χ1) is 9.10. The van der Waals surface area contributed by atoms with E-state index in [9.17, 15) is 5.11 Å². The maximum atomic E-state index is 9.80. The van der Waals surface area contributed by atoms with Crippen molar-refractivity contribution in [1.82, 2.24) is 4.90 Å². The van der Waals surface area contributed by atoms with E-state index >= 15 is 0 Å². The van der Waals surface area contributed by atoms with Crippen molar-refractivity contribution in [2.24, 2.45) is 5.92 Å². The van der Waals surface area contributed by atoms with Gasteiger partial charge in [-0.15, -0.1) is 0 Å². The number of hydrogen-bond donors (Lipinski definition) is 1. The van der Waals surface area contributed by atoms with Gasteiger partial charge in [0.15, 0.2) is 11.5 Å². The average molecular weight is 328 g/mol. The molecule has 106 valence electrons. The van der Waals surface area contributed by atoms with Gasteiger partial charge in [0, 0.05) is 13.1 Å². The minimum Gasteiger partial charge on any atom is -0.503 e. The molecule has 0 spiro atoms. The van der Waals surface area contributed by atoms with Crippen LogP contribution in [0.15, 0.2) is 16.6 Å². The van der Waals surface area contributed by atoms with E-state index in [1.165, 1.54) is 25.7 Å². The number of nitrogens with zero attached hydrogens (tertiary/aromatic N) is 1. The maximum Gasteiger partial charge on any atom is 0.172 e. The Morgan fingerprint density at radius 2 is 2.05 bits per heavy atom. The molecule has 4 heteroatoms. The molecule has 1 aliphatic rings. The van der Waals surface area contributed by atoms with Crippen molar-refractivity contribution < 1.29 is 9.84 Å². The molecular weight excluding hydrogens is 306 g/mol. The van der Waals surface area contributed by atoms with Crippen LogP contribution in [0.5, 0.6) is 11.5 Å². The standard InChI is InChI=1S/C15H22BrNO2/c1-17(9-11-5-3-4-6-11)10-12-7-13(16)15(18)14(8-12)19-2/h7-8,11,18H,3-6,9-10H2,1-2H3. The van der Waals surface area contributed by atoms with Gasteiger partial charge in [0.05, 0.1) is 11.6 Å². The molecule has 0 radical (unpaired) electrons. The van der Waals surface area contributed by atoms with Gasteiger partial charge in [-0.2, -0.15) is 0 Å². The summed E-state index contributed by atoms with van der Waals surface area (Å²) < 4.78 is 5.87. The third-order valence-electron chi connectivity index (χ3n) is 3.81. The minimum atomic E-state index is 0.171. The number of phenolic OH excluding ortho intramolecular Hbond substituents is 1. The predicted octanol–water partition coefficient (Wildman–Crippen LogP) is 3.79. The van der Waals surface area contributed by atoms with Crippen molar-refractivity contribution in [3.05, 3.63) is 22.2 Å². The summed E-state index contributed by atoms with van der Waals surface area (Å²) in [6, 6.07) is 3.87. The van der Waals surface area contributed by atoms with Gasteiger partial charge in [-0.1, -0.05) is 12.8 Å². The van der Waals surface area contributed by atoms with Crippen LogP contribution in [0.1, 0.15) is 31.2 Å². The Morgan fingerprint density at radius 3 is 2.68 bits per heavy atom. The number of halogens is 1. The molecule has 0 heterocycles. The summed E-state index contributed by atoms with van der Waals surface area (Å²) in [4.78, 5) is 2.36. The first-order valence-electron chi connectivity index (χ1n) is 6.84. The summed E-state index contributed by atoms with van der Waals surface area (Å²) in [6.07, 6.45) is 5.51. The molecule has 2 rings (SSSR count). The number of rotatable bonds is 5. The molecule has 0 aliphatic heterocycles. The van der Waals surface area contributed by atoms with Crippen molar-refractivity contribution >= 4 is 15.9 Å². The monoisotopic (exact) mass is 327 g/mol. The molecule has 1 aliphatic carbocycles. The highest BCUT2D eigenvalue weighted by Crippen LogP contribution is 2.35. The SMILES string of the molecule is COc1cc(CN(C)CC2CCCC2)cc(Br)c1O. The number of ether oxygens (including phenoxy) is 1. The fraction of sp³-hybridized carbons (Fsp3) is 0.600. The Bertz CT molecular complexity index is 430. The maximum absolute atomic E-state index is 9.80. The highest BCUT2D eigenvalue weighted by Gasteiger charge is 2.17. The summed E-state index contributed by atoms with van der Waals surface area (Å²) >= 11 is 3.37. The lowest BCUT2D eigenvalue weighted by Gasteiger charge is -2.21. The highest BCUT2D eigenvalue weighted by atomic mass is 79.9. The zero-order chi connectivity index (χ0) is 13.8. The van der Waals surface area contributed by atoms with Gasteiger partial charge in [-0.05, 0) is 59.4 Å². The van der Waals surface area contributed by atoms with Crippen molar-refractivity contribution in [3.63, 3.8) is 0 Å². The molecular formula is C15H22BrNO2. The van der Waals surface area contributed by atoms with Crippen LogP contribution in [0.2, 0.25) is 0 Å². The Labute approximate surface area is 123 Å². The Hall–Kier alpha value is -0.740. The lowest BCUT2D eigenvalue weighted by molar-refractivity contribution is 0.270. The van der Waals surface area contributed by atoms with Crippen LogP contribution in [-0.2, 0) is 6.54 Å². The van der Waals surface area contributed by atoms with Crippen molar-refractivity contribution in [3.8, 4) is 11.5 Å². The first-order valence-corrected chi connectivity index (χ1v) is 7.63. The van der Waals surface area contributed by atoms with Crippen LogP contribution in [0.3, 0.4) is 0 Å². The molecule has 0 unspecified atom stereocenters. The third-order valence-corrected chi connectivity index (χ3v) is 4.41. The lowest BCUT2D eigenvalue weighted by Crippen LogP contribution is -2.24. The molecule has 1 N–H and O–H groups in total. The average Bonchev–Trinajstić information content (AvgIpc) is 2.86. The van der Waals surface area contributed by atoms with Gasteiger partial charge in [0.25, 0.3) is 0 Å². The van der Waals surface area contributed by atoms with E-state index in [2.05, 4.69) is 27.9 Å². The highest BCUT2D eigenvalue weighted by molar-refractivity contribution is 9.10. The normalized spacial score (nSPS) is 16.2. The molecule has 1 fully saturated rings. The Morgan fingerprint density at radius 1 is 1.37 bits per heavy atom. The third kappa shape index (κ3) is 3.86. The second-order valence-electron chi connectivity index (χ2n) is 5.48. The number of phenols is 1. The van der Waals surface area contributed by atoms with E-state index in [1.807, 2.05) is 12.1 Å². The van der Waals surface area contributed by atoms with E-state index in [-0.39, 0.29) is 5.75 Å². The number of benzene rings is 1. The summed E-state index contributed by atoms with van der Waals surface area (Å²) in [5.41, 5.74) is 1.15. The van der Waals surface area contributed by atoms with Crippen LogP contribution < -0.4 is 4.74 Å². The fourth-order valence-electron chi connectivity index (χ4n) is 2.88. The number of methoxy groups -OCH3 is 1. The van der Waals surface area contributed by atoms with Crippen LogP contribution in [-0.4, -0.2) is 30.7 Å². The van der Waals surface area contributed by atoms with E-state index in [4.69, 9.17) is 4.74 Å². The Balaban J connectivity index is 1.99. The molecule has 0 aromatic heterocycles. The van der Waals surface area contributed by atoms with E-state index in [0.717, 1.165) is 24.6 Å². The van der Waals surface area contributed by atoms with E-state index in [1.54, 1.807) is 7.11 Å². The van der Waals surface area contributed by atoms with E-state index < -0.39 is 0 Å². The summed E-state index contributed by atoms with van der Waals surface area (Å²) in [7, 11) is 3.74. The lowest BCUT2D eigenvalue weighted by atomic mass is 10.1. The smallest absolute Gasteiger partial charge is 0.172 e. The molecule has 1 aromatic rings. The quantitative estimate of drug-likeness (QED) is 0.893. The van der Waals surface area contributed by atoms with Gasteiger partial charge < -0.3 is 14.7 Å². The Kier molecular flexibility index (Phi) is 5.11. The van der Waals surface area contributed by atoms with Gasteiger partial charge in [-0.3, -0.25) is 0 Å². The van der Waals surface area contributed by atoms with Crippen molar-refractivity contribution in [1.29, 1.82) is 0 Å². The fourth-order valence-corrected chi connectivity index (χ4v) is 3.37. The largest absolute Gasteiger partial charge is 0.503 e. The molecule has 1 aromatic carbocycles. The van der Waals surface area contributed by atoms with Crippen LogP contribution in [0.25, 0.3) is 0 Å². The summed E-state index contributed by atoms with van der Waals surface area (Å²) in [5.74, 6) is 1.55. The van der Waals surface area contributed by atoms with Crippen molar-refractivity contribution in [2.45, 2.75) is 32.2 Å². The molecule has 1 saturated carbocycles. The second-order valence-corrected chi connectivity index (χ2v) is 6.33. The van der Waals surface area contributed by atoms with Crippen LogP contribution >= 0.6 is 15.9 Å². The second kappa shape index (κ2) is 6.62. The first kappa shape index (κ1) is 14.7. The molecule has 0 amide bonds. The minimum absolute atomic E-state index is 0.171.